The zero-order chi connectivity index (χ0) is 14.5. The van der Waals surface area contributed by atoms with Gasteiger partial charge in [-0.25, -0.2) is 4.98 Å². The van der Waals surface area contributed by atoms with E-state index in [-0.39, 0.29) is 11.7 Å². The summed E-state index contributed by atoms with van der Waals surface area (Å²) in [4.78, 5) is 17.8. The van der Waals surface area contributed by atoms with Crippen LogP contribution in [0.3, 0.4) is 0 Å². The van der Waals surface area contributed by atoms with Crippen LogP contribution in [0.4, 0.5) is 5.82 Å². The topological polar surface area (TPSA) is 79.5 Å². The lowest BCUT2D eigenvalue weighted by molar-refractivity contribution is -0.119. The lowest BCUT2D eigenvalue weighted by Gasteiger charge is -2.20. The van der Waals surface area contributed by atoms with Gasteiger partial charge in [-0.1, -0.05) is 18.2 Å². The highest BCUT2D eigenvalue weighted by Crippen LogP contribution is 2.13. The molecule has 0 saturated carbocycles. The molecule has 0 spiro atoms. The number of amides is 1. The van der Waals surface area contributed by atoms with Gasteiger partial charge in [0.1, 0.15) is 11.6 Å². The summed E-state index contributed by atoms with van der Waals surface area (Å²) in [5.41, 5.74) is 6.85. The molecule has 2 rings (SSSR count). The number of hydrogen-bond acceptors (Lipinski definition) is 4. The van der Waals surface area contributed by atoms with Crippen LogP contribution < -0.4 is 10.6 Å². The molecule has 1 aromatic heterocycles. The molecule has 1 aromatic carbocycles. The van der Waals surface area contributed by atoms with E-state index in [1.165, 1.54) is 4.90 Å². The third-order valence-corrected chi connectivity index (χ3v) is 3.03. The number of nitrogens with two attached hydrogens (primary N) is 1. The first kappa shape index (κ1) is 14.0. The third kappa shape index (κ3) is 3.33. The number of carbonyl (C=O) groups excluding carboxylic acids is 1. The Kier molecular flexibility index (Phi) is 4.32. The number of rotatable bonds is 4. The van der Waals surface area contributed by atoms with Crippen LogP contribution in [0.25, 0.3) is 0 Å². The summed E-state index contributed by atoms with van der Waals surface area (Å²) in [6.07, 6.45) is 2.04. The number of phenolic OH excluding ortho intramolecular Hbond substituents is 1. The van der Waals surface area contributed by atoms with E-state index in [9.17, 15) is 9.90 Å². The van der Waals surface area contributed by atoms with E-state index in [1.807, 2.05) is 6.07 Å². The van der Waals surface area contributed by atoms with E-state index in [2.05, 4.69) is 4.98 Å². The highest BCUT2D eigenvalue weighted by atomic mass is 16.3. The monoisotopic (exact) mass is 271 g/mol. The zero-order valence-corrected chi connectivity index (χ0v) is 11.2. The van der Waals surface area contributed by atoms with Crippen LogP contribution in [0.2, 0.25) is 0 Å². The molecule has 0 fully saturated rings. The fraction of sp³-hybridized carbons (Fsp3) is 0.200. The molecule has 20 heavy (non-hydrogen) atoms. The predicted molar refractivity (Wildman–Crippen MR) is 77.4 cm³/mol. The molecule has 0 aliphatic rings. The van der Waals surface area contributed by atoms with Crippen LogP contribution in [-0.4, -0.2) is 29.1 Å². The molecule has 1 heterocycles. The number of likely N-dealkylation sites (N-methyl/N-ethyl adjacent to an activating group) is 1. The van der Waals surface area contributed by atoms with Gasteiger partial charge in [0.05, 0.1) is 6.04 Å². The van der Waals surface area contributed by atoms with Crippen LogP contribution in [0, 0.1) is 0 Å². The van der Waals surface area contributed by atoms with Gasteiger partial charge in [-0.2, -0.15) is 0 Å². The molecule has 5 heteroatoms. The van der Waals surface area contributed by atoms with E-state index in [4.69, 9.17) is 5.73 Å². The van der Waals surface area contributed by atoms with Gasteiger partial charge in [-0.3, -0.25) is 9.69 Å². The summed E-state index contributed by atoms with van der Waals surface area (Å²) in [5, 5.41) is 9.22. The summed E-state index contributed by atoms with van der Waals surface area (Å²) in [5.74, 6) is 0.565. The molecule has 1 atom stereocenters. The highest BCUT2D eigenvalue weighted by molar-refractivity contribution is 5.95. The van der Waals surface area contributed by atoms with Gasteiger partial charge in [-0.15, -0.1) is 0 Å². The molecular formula is C15H17N3O2. The van der Waals surface area contributed by atoms with Gasteiger partial charge < -0.3 is 10.8 Å². The normalized spacial score (nSPS) is 11.9. The summed E-state index contributed by atoms with van der Waals surface area (Å²) in [7, 11) is 1.65. The van der Waals surface area contributed by atoms with Crippen molar-refractivity contribution in [3.05, 3.63) is 54.2 Å². The molecule has 104 valence electrons. The first-order valence-electron chi connectivity index (χ1n) is 6.30. The van der Waals surface area contributed by atoms with Crippen molar-refractivity contribution in [2.24, 2.45) is 5.73 Å². The minimum atomic E-state index is -0.647. The van der Waals surface area contributed by atoms with Crippen molar-refractivity contribution in [2.75, 3.05) is 11.9 Å². The van der Waals surface area contributed by atoms with Crippen LogP contribution >= 0.6 is 0 Å². The average molecular weight is 271 g/mol. The Morgan fingerprint density at radius 1 is 1.30 bits per heavy atom. The van der Waals surface area contributed by atoms with Crippen molar-refractivity contribution in [1.82, 2.24) is 4.98 Å². The number of anilines is 1. The fourth-order valence-corrected chi connectivity index (χ4v) is 1.89. The first-order chi connectivity index (χ1) is 9.58. The second-order valence-corrected chi connectivity index (χ2v) is 4.56. The van der Waals surface area contributed by atoms with Gasteiger partial charge in [-0.05, 0) is 36.2 Å². The number of aromatic hydroxyl groups is 1. The lowest BCUT2D eigenvalue weighted by Crippen LogP contribution is -2.43. The number of benzene rings is 1. The third-order valence-electron chi connectivity index (χ3n) is 3.03. The molecule has 5 nitrogen and oxygen atoms in total. The van der Waals surface area contributed by atoms with E-state index in [0.717, 1.165) is 5.56 Å². The Bertz CT molecular complexity index is 569. The second kappa shape index (κ2) is 6.16. The Hall–Kier alpha value is -2.40. The predicted octanol–water partition coefficient (Wildman–Crippen LogP) is 1.32. The maximum absolute atomic E-state index is 12.2. The largest absolute Gasteiger partial charge is 0.508 e. The molecule has 0 radical (unpaired) electrons. The van der Waals surface area contributed by atoms with Crippen LogP contribution in [0.5, 0.6) is 5.75 Å². The van der Waals surface area contributed by atoms with Crippen LogP contribution in [0.15, 0.2) is 48.7 Å². The number of nitrogens with zero attached hydrogens (tertiary/aromatic N) is 2. The van der Waals surface area contributed by atoms with Gasteiger partial charge in [0, 0.05) is 13.2 Å². The number of aromatic nitrogens is 1. The summed E-state index contributed by atoms with van der Waals surface area (Å²) >= 11 is 0. The number of hydrogen-bond donors (Lipinski definition) is 2. The minimum absolute atomic E-state index is 0.194. The summed E-state index contributed by atoms with van der Waals surface area (Å²) in [6.45, 7) is 0. The Morgan fingerprint density at radius 3 is 2.60 bits per heavy atom. The SMILES string of the molecule is CN(C(=O)[C@H](N)Cc1ccc(O)cc1)c1ccccn1. The van der Waals surface area contributed by atoms with Crippen LogP contribution in [-0.2, 0) is 11.2 Å². The van der Waals surface area contributed by atoms with Crippen molar-refractivity contribution < 1.29 is 9.90 Å². The summed E-state index contributed by atoms with van der Waals surface area (Å²) < 4.78 is 0. The first-order valence-corrected chi connectivity index (χ1v) is 6.30. The van der Waals surface area contributed by atoms with E-state index in [0.29, 0.717) is 12.2 Å². The quantitative estimate of drug-likeness (QED) is 0.879. The fourth-order valence-electron chi connectivity index (χ4n) is 1.89. The van der Waals surface area contributed by atoms with Gasteiger partial charge in [0.2, 0.25) is 5.91 Å². The maximum Gasteiger partial charge on any atom is 0.245 e. The standard InChI is InChI=1S/C15H17N3O2/c1-18(14-4-2-3-9-17-14)15(20)13(16)10-11-5-7-12(19)8-6-11/h2-9,13,19H,10,16H2,1H3/t13-/m1/s1. The zero-order valence-electron chi connectivity index (χ0n) is 11.2. The van der Waals surface area contributed by atoms with Gasteiger partial charge in [0.25, 0.3) is 0 Å². The minimum Gasteiger partial charge on any atom is -0.508 e. The molecule has 2 aromatic rings. The molecule has 1 amide bonds. The second-order valence-electron chi connectivity index (χ2n) is 4.56. The van der Waals surface area contributed by atoms with Gasteiger partial charge in [0.15, 0.2) is 0 Å². The molecule has 3 N–H and O–H groups in total. The molecule has 0 aliphatic heterocycles. The maximum atomic E-state index is 12.2. The van der Waals surface area contributed by atoms with E-state index in [1.54, 1.807) is 49.6 Å². The van der Waals surface area contributed by atoms with E-state index >= 15 is 0 Å². The molecular weight excluding hydrogens is 254 g/mol. The van der Waals surface area contributed by atoms with Crippen LogP contribution in [0.1, 0.15) is 5.56 Å². The molecule has 0 unspecified atom stereocenters. The number of phenols is 1. The molecule has 0 bridgehead atoms. The highest BCUT2D eigenvalue weighted by Gasteiger charge is 2.20. The lowest BCUT2D eigenvalue weighted by atomic mass is 10.1. The number of carbonyl (C=O) groups is 1. The van der Waals surface area contributed by atoms with Crippen molar-refractivity contribution >= 4 is 11.7 Å². The van der Waals surface area contributed by atoms with Crippen molar-refractivity contribution in [1.29, 1.82) is 0 Å². The van der Waals surface area contributed by atoms with Crippen molar-refractivity contribution in [3.63, 3.8) is 0 Å². The average Bonchev–Trinajstić information content (AvgIpc) is 2.49. The Labute approximate surface area is 117 Å². The van der Waals surface area contributed by atoms with Crippen molar-refractivity contribution in [2.45, 2.75) is 12.5 Å². The van der Waals surface area contributed by atoms with E-state index < -0.39 is 6.04 Å². The smallest absolute Gasteiger partial charge is 0.245 e. The Balaban J connectivity index is 2.03. The van der Waals surface area contributed by atoms with Crippen molar-refractivity contribution in [3.8, 4) is 5.75 Å². The summed E-state index contributed by atoms with van der Waals surface area (Å²) in [6, 6.07) is 11.4. The Morgan fingerprint density at radius 2 is 2.00 bits per heavy atom. The molecule has 0 saturated heterocycles. The number of pyridine rings is 1. The van der Waals surface area contributed by atoms with Gasteiger partial charge >= 0.3 is 0 Å². The molecule has 0 aliphatic carbocycles.